The smallest absolute Gasteiger partial charge is 0.418 e. The van der Waals surface area contributed by atoms with Crippen LogP contribution in [0.3, 0.4) is 0 Å². The fourth-order valence-corrected chi connectivity index (χ4v) is 2.31. The molecule has 0 atom stereocenters. The normalized spacial score (nSPS) is 11.7. The van der Waals surface area contributed by atoms with E-state index in [1.165, 1.54) is 10.6 Å². The minimum absolute atomic E-state index is 0.222. The van der Waals surface area contributed by atoms with Crippen LogP contribution in [0.1, 0.15) is 39.8 Å². The number of aryl methyl sites for hydroxylation is 1. The van der Waals surface area contributed by atoms with Crippen LogP contribution in [0.25, 0.3) is 10.9 Å². The number of rotatable bonds is 3. The molecule has 0 aliphatic heterocycles. The monoisotopic (exact) mass is 307 g/mol. The van der Waals surface area contributed by atoms with E-state index in [9.17, 15) is 9.18 Å². The zero-order valence-electron chi connectivity index (χ0n) is 13.7. The van der Waals surface area contributed by atoms with Crippen LogP contribution in [0.2, 0.25) is 0 Å². The Labute approximate surface area is 129 Å². The first kappa shape index (κ1) is 16.3. The van der Waals surface area contributed by atoms with Gasteiger partial charge in [0.2, 0.25) is 0 Å². The molecule has 1 aromatic carbocycles. The van der Waals surface area contributed by atoms with Crippen molar-refractivity contribution in [2.24, 2.45) is 0 Å². The molecule has 0 aliphatic rings. The molecule has 0 saturated heterocycles. The van der Waals surface area contributed by atoms with Crippen molar-refractivity contribution in [1.82, 2.24) is 4.57 Å². The predicted molar refractivity (Wildman–Crippen MR) is 84.1 cm³/mol. The fourth-order valence-electron chi connectivity index (χ4n) is 2.31. The number of carbonyl (C=O) groups excluding carboxylic acids is 1. The first-order chi connectivity index (χ1) is 10.2. The van der Waals surface area contributed by atoms with Gasteiger partial charge in [0, 0.05) is 17.1 Å². The second-order valence-corrected chi connectivity index (χ2v) is 6.29. The Morgan fingerprint density at radius 2 is 1.95 bits per heavy atom. The van der Waals surface area contributed by atoms with Gasteiger partial charge < -0.3 is 9.47 Å². The van der Waals surface area contributed by atoms with Crippen LogP contribution in [-0.4, -0.2) is 22.9 Å². The molecule has 0 N–H and O–H groups in total. The Balaban J connectivity index is 2.48. The van der Waals surface area contributed by atoms with Gasteiger partial charge >= 0.3 is 6.09 Å². The molecule has 5 heteroatoms. The topological polar surface area (TPSA) is 40.5 Å². The number of nitrogens with zero attached hydrogens (tertiary/aromatic N) is 1. The number of ether oxygens (including phenoxy) is 2. The third-order valence-electron chi connectivity index (χ3n) is 3.04. The number of halogens is 1. The maximum atomic E-state index is 14.5. The zero-order valence-corrected chi connectivity index (χ0v) is 13.7. The quantitative estimate of drug-likeness (QED) is 0.828. The van der Waals surface area contributed by atoms with Crippen LogP contribution in [0.15, 0.2) is 18.2 Å². The van der Waals surface area contributed by atoms with E-state index in [0.29, 0.717) is 23.4 Å². The lowest BCUT2D eigenvalue weighted by Gasteiger charge is -2.21. The summed E-state index contributed by atoms with van der Waals surface area (Å²) in [6.45, 7) is 9.65. The number of carbonyl (C=O) groups is 1. The Morgan fingerprint density at radius 3 is 2.55 bits per heavy atom. The lowest BCUT2D eigenvalue weighted by molar-refractivity contribution is 0.130. The first-order valence-electron chi connectivity index (χ1n) is 7.40. The Bertz CT molecular complexity index is 698. The molecule has 22 heavy (non-hydrogen) atoms. The van der Waals surface area contributed by atoms with Gasteiger partial charge in [-0.1, -0.05) is 6.92 Å². The molecule has 0 amide bonds. The van der Waals surface area contributed by atoms with Gasteiger partial charge in [-0.2, -0.15) is 0 Å². The molecule has 2 aromatic rings. The first-order valence-corrected chi connectivity index (χ1v) is 7.40. The summed E-state index contributed by atoms with van der Waals surface area (Å²) >= 11 is 0. The standard InChI is InChI=1S/C17H22FNO3/c1-6-7-21-16(20)19-11(2)8-12-9-13(22-17(3,4)5)10-14(18)15(12)19/h8-10H,6-7H2,1-5H3. The number of fused-ring (bicyclic) bond motifs is 1. The molecule has 1 heterocycles. The van der Waals surface area contributed by atoms with Crippen molar-refractivity contribution in [2.45, 2.75) is 46.6 Å². The molecule has 4 nitrogen and oxygen atoms in total. The summed E-state index contributed by atoms with van der Waals surface area (Å²) < 4.78 is 26.6. The van der Waals surface area contributed by atoms with Crippen molar-refractivity contribution in [3.63, 3.8) is 0 Å². The molecular weight excluding hydrogens is 285 g/mol. The molecule has 1 aromatic heterocycles. The molecule has 0 unspecified atom stereocenters. The minimum atomic E-state index is -0.558. The van der Waals surface area contributed by atoms with E-state index in [2.05, 4.69) is 0 Å². The van der Waals surface area contributed by atoms with Crippen molar-refractivity contribution >= 4 is 17.0 Å². The Morgan fingerprint density at radius 1 is 1.27 bits per heavy atom. The van der Waals surface area contributed by atoms with E-state index in [1.807, 2.05) is 27.7 Å². The number of benzene rings is 1. The van der Waals surface area contributed by atoms with Crippen molar-refractivity contribution in [3.05, 3.63) is 29.7 Å². The average Bonchev–Trinajstić information content (AvgIpc) is 2.70. The van der Waals surface area contributed by atoms with Gasteiger partial charge in [-0.25, -0.2) is 13.8 Å². The zero-order chi connectivity index (χ0) is 16.5. The van der Waals surface area contributed by atoms with Gasteiger partial charge in [0.15, 0.2) is 5.82 Å². The van der Waals surface area contributed by atoms with Crippen LogP contribution < -0.4 is 4.74 Å². The van der Waals surface area contributed by atoms with E-state index in [-0.39, 0.29) is 5.52 Å². The van der Waals surface area contributed by atoms with E-state index < -0.39 is 17.5 Å². The van der Waals surface area contributed by atoms with E-state index in [0.717, 1.165) is 6.42 Å². The van der Waals surface area contributed by atoms with Crippen LogP contribution in [0.4, 0.5) is 9.18 Å². The molecule has 0 radical (unpaired) electrons. The van der Waals surface area contributed by atoms with Crippen molar-refractivity contribution < 1.29 is 18.7 Å². The number of hydrogen-bond donors (Lipinski definition) is 0. The van der Waals surface area contributed by atoms with Gasteiger partial charge in [-0.3, -0.25) is 0 Å². The predicted octanol–water partition coefficient (Wildman–Crippen LogP) is 4.66. The molecule has 0 fully saturated rings. The second-order valence-electron chi connectivity index (χ2n) is 6.29. The van der Waals surface area contributed by atoms with Gasteiger partial charge in [0.25, 0.3) is 0 Å². The summed E-state index contributed by atoms with van der Waals surface area (Å²) in [5.41, 5.74) is 0.431. The van der Waals surface area contributed by atoms with Crippen molar-refractivity contribution in [3.8, 4) is 5.75 Å². The summed E-state index contributed by atoms with van der Waals surface area (Å²) in [5, 5.41) is 0.616. The third kappa shape index (κ3) is 3.40. The molecule has 0 aliphatic carbocycles. The van der Waals surface area contributed by atoms with Gasteiger partial charge in [-0.05, 0) is 46.2 Å². The molecule has 0 saturated carbocycles. The van der Waals surface area contributed by atoms with Crippen LogP contribution in [0.5, 0.6) is 5.75 Å². The maximum Gasteiger partial charge on any atom is 0.418 e. The van der Waals surface area contributed by atoms with E-state index >= 15 is 0 Å². The summed E-state index contributed by atoms with van der Waals surface area (Å²) in [5.74, 6) is -0.0603. The summed E-state index contributed by atoms with van der Waals surface area (Å²) in [4.78, 5) is 12.1. The minimum Gasteiger partial charge on any atom is -0.488 e. The largest absolute Gasteiger partial charge is 0.488 e. The number of hydrogen-bond acceptors (Lipinski definition) is 3. The van der Waals surface area contributed by atoms with Crippen molar-refractivity contribution in [2.75, 3.05) is 6.61 Å². The molecule has 2 rings (SSSR count). The highest BCUT2D eigenvalue weighted by molar-refractivity contribution is 5.92. The summed E-state index contributed by atoms with van der Waals surface area (Å²) in [6, 6.07) is 4.79. The molecule has 0 bridgehead atoms. The second kappa shape index (κ2) is 5.99. The average molecular weight is 307 g/mol. The Kier molecular flexibility index (Phi) is 4.44. The summed E-state index contributed by atoms with van der Waals surface area (Å²) in [6.07, 6.45) is 0.161. The Hall–Kier alpha value is -2.04. The molecule has 120 valence electrons. The highest BCUT2D eigenvalue weighted by Crippen LogP contribution is 2.29. The number of aromatic nitrogens is 1. The van der Waals surface area contributed by atoms with Crippen molar-refractivity contribution in [1.29, 1.82) is 0 Å². The van der Waals surface area contributed by atoms with Gasteiger partial charge in [0.1, 0.15) is 11.4 Å². The fraction of sp³-hybridized carbons (Fsp3) is 0.471. The van der Waals surface area contributed by atoms with Crippen LogP contribution >= 0.6 is 0 Å². The molecule has 0 spiro atoms. The maximum absolute atomic E-state index is 14.5. The van der Waals surface area contributed by atoms with Gasteiger partial charge in [0.05, 0.1) is 12.1 Å². The SMILES string of the molecule is CCCOC(=O)n1c(C)cc2cc(OC(C)(C)C)cc(F)c21. The highest BCUT2D eigenvalue weighted by Gasteiger charge is 2.20. The third-order valence-corrected chi connectivity index (χ3v) is 3.04. The lowest BCUT2D eigenvalue weighted by atomic mass is 10.2. The lowest BCUT2D eigenvalue weighted by Crippen LogP contribution is -2.23. The highest BCUT2D eigenvalue weighted by atomic mass is 19.1. The van der Waals surface area contributed by atoms with E-state index in [1.54, 1.807) is 19.1 Å². The molecular formula is C17H22FNO3. The van der Waals surface area contributed by atoms with Crippen LogP contribution in [-0.2, 0) is 4.74 Å². The summed E-state index contributed by atoms with van der Waals surface area (Å²) in [7, 11) is 0. The van der Waals surface area contributed by atoms with Gasteiger partial charge in [-0.15, -0.1) is 0 Å². The van der Waals surface area contributed by atoms with E-state index in [4.69, 9.17) is 9.47 Å². The van der Waals surface area contributed by atoms with Crippen LogP contribution in [0, 0.1) is 12.7 Å².